The van der Waals surface area contributed by atoms with Gasteiger partial charge < -0.3 is 10.3 Å². The average Bonchev–Trinajstić information content (AvgIpc) is 3.19. The summed E-state index contributed by atoms with van der Waals surface area (Å²) in [7, 11) is 0. The van der Waals surface area contributed by atoms with Crippen molar-refractivity contribution in [2.75, 3.05) is 11.6 Å². The highest BCUT2D eigenvalue weighted by atomic mass is 32.2. The van der Waals surface area contributed by atoms with Crippen molar-refractivity contribution in [1.82, 2.24) is 15.2 Å². The molecule has 2 aromatic heterocycles. The van der Waals surface area contributed by atoms with Crippen LogP contribution < -0.4 is 5.32 Å². The lowest BCUT2D eigenvalue weighted by Crippen LogP contribution is -2.12. The number of rotatable bonds is 4. The zero-order valence-corrected chi connectivity index (χ0v) is 12.2. The molecule has 3 rings (SSSR count). The third-order valence-electron chi connectivity index (χ3n) is 3.04. The molecule has 0 saturated heterocycles. The van der Waals surface area contributed by atoms with Crippen molar-refractivity contribution in [2.45, 2.75) is 4.90 Å². The zero-order chi connectivity index (χ0) is 14.7. The Balaban J connectivity index is 1.73. The molecule has 0 spiro atoms. The molecule has 0 aliphatic heterocycles. The van der Waals surface area contributed by atoms with Gasteiger partial charge in [0.05, 0.1) is 5.69 Å². The molecule has 3 aromatic rings. The van der Waals surface area contributed by atoms with Crippen molar-refractivity contribution < 1.29 is 4.79 Å². The standard InChI is InChI=1S/C15H14N4OS/c1-21-11-6-4-10(5-7-11)17-15(20)14-9-13(18-19-14)12-3-2-8-16-12/h2-9,16H,1H3,(H,17,20)(H,18,19). The van der Waals surface area contributed by atoms with E-state index in [1.165, 1.54) is 0 Å². The lowest BCUT2D eigenvalue weighted by atomic mass is 10.2. The van der Waals surface area contributed by atoms with E-state index < -0.39 is 0 Å². The first-order valence-electron chi connectivity index (χ1n) is 6.41. The molecule has 0 bridgehead atoms. The molecular formula is C15H14N4OS. The normalized spacial score (nSPS) is 10.5. The second-order valence-electron chi connectivity index (χ2n) is 4.43. The zero-order valence-electron chi connectivity index (χ0n) is 11.4. The topological polar surface area (TPSA) is 73.6 Å². The van der Waals surface area contributed by atoms with Gasteiger partial charge in [0, 0.05) is 16.8 Å². The molecule has 0 saturated carbocycles. The van der Waals surface area contributed by atoms with E-state index >= 15 is 0 Å². The van der Waals surface area contributed by atoms with Crippen LogP contribution in [0.4, 0.5) is 5.69 Å². The molecule has 0 aliphatic carbocycles. The summed E-state index contributed by atoms with van der Waals surface area (Å²) in [6.07, 6.45) is 3.83. The monoisotopic (exact) mass is 298 g/mol. The maximum absolute atomic E-state index is 12.2. The van der Waals surface area contributed by atoms with Gasteiger partial charge in [-0.05, 0) is 48.7 Å². The number of carbonyl (C=O) groups is 1. The number of amides is 1. The lowest BCUT2D eigenvalue weighted by molar-refractivity contribution is 0.102. The third-order valence-corrected chi connectivity index (χ3v) is 3.79. The number of anilines is 1. The van der Waals surface area contributed by atoms with E-state index in [9.17, 15) is 4.79 Å². The van der Waals surface area contributed by atoms with Crippen molar-refractivity contribution in [2.24, 2.45) is 0 Å². The van der Waals surface area contributed by atoms with Gasteiger partial charge in [0.15, 0.2) is 0 Å². The van der Waals surface area contributed by atoms with Crippen LogP contribution >= 0.6 is 11.8 Å². The average molecular weight is 298 g/mol. The lowest BCUT2D eigenvalue weighted by Gasteiger charge is -2.04. The summed E-state index contributed by atoms with van der Waals surface area (Å²) in [5, 5.41) is 9.72. The number of aromatic amines is 2. The first kappa shape index (κ1) is 13.5. The van der Waals surface area contributed by atoms with Crippen LogP contribution in [-0.4, -0.2) is 27.3 Å². The molecule has 0 aliphatic rings. The minimum absolute atomic E-state index is 0.211. The van der Waals surface area contributed by atoms with E-state index in [0.717, 1.165) is 16.3 Å². The van der Waals surface area contributed by atoms with Crippen molar-refractivity contribution >= 4 is 23.4 Å². The van der Waals surface area contributed by atoms with Gasteiger partial charge in [-0.1, -0.05) is 0 Å². The van der Waals surface area contributed by atoms with Crippen LogP contribution in [0.15, 0.2) is 53.6 Å². The van der Waals surface area contributed by atoms with E-state index in [-0.39, 0.29) is 5.91 Å². The Hall–Kier alpha value is -2.47. The minimum Gasteiger partial charge on any atom is -0.360 e. The highest BCUT2D eigenvalue weighted by Crippen LogP contribution is 2.19. The summed E-state index contributed by atoms with van der Waals surface area (Å²) in [5.41, 5.74) is 2.76. The molecule has 21 heavy (non-hydrogen) atoms. The van der Waals surface area contributed by atoms with Gasteiger partial charge in [0.2, 0.25) is 0 Å². The Morgan fingerprint density at radius 1 is 1.24 bits per heavy atom. The number of carbonyl (C=O) groups excluding carboxylic acids is 1. The second kappa shape index (κ2) is 5.88. The highest BCUT2D eigenvalue weighted by molar-refractivity contribution is 7.98. The van der Waals surface area contributed by atoms with Crippen molar-refractivity contribution in [1.29, 1.82) is 0 Å². The fourth-order valence-corrected chi connectivity index (χ4v) is 2.35. The van der Waals surface area contributed by atoms with Gasteiger partial charge in [-0.15, -0.1) is 11.8 Å². The predicted molar refractivity (Wildman–Crippen MR) is 84.6 cm³/mol. The van der Waals surface area contributed by atoms with Crippen LogP contribution in [0.2, 0.25) is 0 Å². The molecule has 6 heteroatoms. The maximum Gasteiger partial charge on any atom is 0.273 e. The molecule has 0 unspecified atom stereocenters. The van der Waals surface area contributed by atoms with Crippen LogP contribution in [0.3, 0.4) is 0 Å². The van der Waals surface area contributed by atoms with Gasteiger partial charge >= 0.3 is 0 Å². The quantitative estimate of drug-likeness (QED) is 0.646. The number of thioether (sulfide) groups is 1. The molecule has 0 radical (unpaired) electrons. The molecule has 2 heterocycles. The summed E-state index contributed by atoms with van der Waals surface area (Å²) in [6, 6.07) is 13.2. The highest BCUT2D eigenvalue weighted by Gasteiger charge is 2.11. The summed E-state index contributed by atoms with van der Waals surface area (Å²) in [5.74, 6) is -0.211. The van der Waals surface area contributed by atoms with Crippen molar-refractivity contribution in [3.8, 4) is 11.4 Å². The van der Waals surface area contributed by atoms with Gasteiger partial charge in [-0.3, -0.25) is 9.89 Å². The minimum atomic E-state index is -0.211. The van der Waals surface area contributed by atoms with E-state index in [2.05, 4.69) is 20.5 Å². The summed E-state index contributed by atoms with van der Waals surface area (Å²) in [6.45, 7) is 0. The fraction of sp³-hybridized carbons (Fsp3) is 0.0667. The SMILES string of the molecule is CSc1ccc(NC(=O)c2cc(-c3ccc[nH]3)n[nH]2)cc1. The maximum atomic E-state index is 12.2. The Labute approximate surface area is 126 Å². The molecule has 1 amide bonds. The number of benzene rings is 1. The van der Waals surface area contributed by atoms with Crippen LogP contribution in [0.1, 0.15) is 10.5 Å². The largest absolute Gasteiger partial charge is 0.360 e. The number of aromatic nitrogens is 3. The molecule has 3 N–H and O–H groups in total. The molecule has 106 valence electrons. The van der Waals surface area contributed by atoms with Crippen molar-refractivity contribution in [3.63, 3.8) is 0 Å². The van der Waals surface area contributed by atoms with Crippen LogP contribution in [0.5, 0.6) is 0 Å². The van der Waals surface area contributed by atoms with Gasteiger partial charge in [-0.2, -0.15) is 5.10 Å². The first-order chi connectivity index (χ1) is 10.3. The number of hydrogen-bond donors (Lipinski definition) is 3. The molecule has 5 nitrogen and oxygen atoms in total. The smallest absolute Gasteiger partial charge is 0.273 e. The Kier molecular flexibility index (Phi) is 3.79. The number of hydrogen-bond acceptors (Lipinski definition) is 3. The predicted octanol–water partition coefficient (Wildman–Crippen LogP) is 3.38. The van der Waals surface area contributed by atoms with E-state index in [1.54, 1.807) is 17.8 Å². The van der Waals surface area contributed by atoms with E-state index in [0.29, 0.717) is 11.4 Å². The fourth-order valence-electron chi connectivity index (χ4n) is 1.94. The number of nitrogens with zero attached hydrogens (tertiary/aromatic N) is 1. The Morgan fingerprint density at radius 3 is 2.71 bits per heavy atom. The molecule has 0 atom stereocenters. The molecule has 0 fully saturated rings. The summed E-state index contributed by atoms with van der Waals surface area (Å²) < 4.78 is 0. The summed E-state index contributed by atoms with van der Waals surface area (Å²) >= 11 is 1.66. The third kappa shape index (κ3) is 3.00. The van der Waals surface area contributed by atoms with Crippen LogP contribution in [0.25, 0.3) is 11.4 Å². The van der Waals surface area contributed by atoms with Gasteiger partial charge in [0.25, 0.3) is 5.91 Å². The first-order valence-corrected chi connectivity index (χ1v) is 7.63. The number of nitrogens with one attached hydrogen (secondary N) is 3. The number of H-pyrrole nitrogens is 2. The molecular weight excluding hydrogens is 284 g/mol. The van der Waals surface area contributed by atoms with Crippen LogP contribution in [0, 0.1) is 0 Å². The van der Waals surface area contributed by atoms with Gasteiger partial charge in [0.1, 0.15) is 11.4 Å². The second-order valence-corrected chi connectivity index (χ2v) is 5.31. The van der Waals surface area contributed by atoms with E-state index in [1.807, 2.05) is 48.9 Å². The van der Waals surface area contributed by atoms with E-state index in [4.69, 9.17) is 0 Å². The van der Waals surface area contributed by atoms with Gasteiger partial charge in [-0.25, -0.2) is 0 Å². The molecule has 1 aromatic carbocycles. The summed E-state index contributed by atoms with van der Waals surface area (Å²) in [4.78, 5) is 16.4. The Morgan fingerprint density at radius 2 is 2.05 bits per heavy atom. The Bertz CT molecular complexity index is 731. The van der Waals surface area contributed by atoms with Crippen molar-refractivity contribution in [3.05, 3.63) is 54.4 Å². The van der Waals surface area contributed by atoms with Crippen LogP contribution in [-0.2, 0) is 0 Å².